The van der Waals surface area contributed by atoms with Crippen LogP contribution in [0.3, 0.4) is 0 Å². The molecule has 0 saturated carbocycles. The van der Waals surface area contributed by atoms with Gasteiger partial charge in [-0.1, -0.05) is 45.1 Å². The Hall–Kier alpha value is -0.580. The molecule has 1 N–H and O–H groups in total. The molecule has 0 aliphatic carbocycles. The van der Waals surface area contributed by atoms with Crippen LogP contribution in [-0.2, 0) is 4.79 Å². The first-order chi connectivity index (χ1) is 9.13. The SMILES string of the molecule is CCCCCCCCC(=O)Nc1cc(I)ccc1C. The average molecular weight is 373 g/mol. The van der Waals surface area contributed by atoms with Crippen molar-refractivity contribution in [1.82, 2.24) is 0 Å². The maximum atomic E-state index is 11.9. The molecule has 0 aliphatic heterocycles. The Kier molecular flexibility index (Phi) is 8.10. The summed E-state index contributed by atoms with van der Waals surface area (Å²) in [4.78, 5) is 11.9. The monoisotopic (exact) mass is 373 g/mol. The largest absolute Gasteiger partial charge is 0.326 e. The van der Waals surface area contributed by atoms with Gasteiger partial charge in [-0.25, -0.2) is 0 Å². The summed E-state index contributed by atoms with van der Waals surface area (Å²) < 4.78 is 1.15. The van der Waals surface area contributed by atoms with Crippen LogP contribution in [0.15, 0.2) is 18.2 Å². The van der Waals surface area contributed by atoms with Crippen LogP contribution in [0.4, 0.5) is 5.69 Å². The number of halogens is 1. The first-order valence-corrected chi connectivity index (χ1v) is 8.27. The normalized spacial score (nSPS) is 10.5. The number of aryl methyl sites for hydroxylation is 1. The molecule has 106 valence electrons. The Morgan fingerprint density at radius 1 is 1.16 bits per heavy atom. The highest BCUT2D eigenvalue weighted by molar-refractivity contribution is 14.1. The Labute approximate surface area is 130 Å². The third-order valence-electron chi connectivity index (χ3n) is 3.23. The molecule has 1 aromatic carbocycles. The van der Waals surface area contributed by atoms with Crippen LogP contribution >= 0.6 is 22.6 Å². The molecule has 0 saturated heterocycles. The molecule has 1 amide bonds. The van der Waals surface area contributed by atoms with Gasteiger partial charge in [0, 0.05) is 15.7 Å². The maximum absolute atomic E-state index is 11.9. The lowest BCUT2D eigenvalue weighted by Crippen LogP contribution is -2.12. The number of unbranched alkanes of at least 4 members (excludes halogenated alkanes) is 5. The zero-order valence-corrected chi connectivity index (χ0v) is 14.1. The molecule has 2 nitrogen and oxygen atoms in total. The minimum Gasteiger partial charge on any atom is -0.326 e. The van der Waals surface area contributed by atoms with Crippen LogP contribution in [0.25, 0.3) is 0 Å². The third-order valence-corrected chi connectivity index (χ3v) is 3.90. The molecule has 1 aromatic rings. The molecule has 0 aliphatic rings. The van der Waals surface area contributed by atoms with Crippen molar-refractivity contribution in [2.24, 2.45) is 0 Å². The fourth-order valence-electron chi connectivity index (χ4n) is 2.01. The van der Waals surface area contributed by atoms with E-state index in [1.165, 1.54) is 32.1 Å². The summed E-state index contributed by atoms with van der Waals surface area (Å²) in [5, 5.41) is 3.01. The smallest absolute Gasteiger partial charge is 0.224 e. The second-order valence-corrected chi connectivity index (χ2v) is 6.27. The molecule has 19 heavy (non-hydrogen) atoms. The van der Waals surface area contributed by atoms with Crippen molar-refractivity contribution >= 4 is 34.2 Å². The summed E-state index contributed by atoms with van der Waals surface area (Å²) in [6.45, 7) is 4.24. The molecule has 0 aromatic heterocycles. The van der Waals surface area contributed by atoms with Gasteiger partial charge < -0.3 is 5.32 Å². The maximum Gasteiger partial charge on any atom is 0.224 e. The van der Waals surface area contributed by atoms with Crippen LogP contribution < -0.4 is 5.32 Å². The van der Waals surface area contributed by atoms with Crippen LogP contribution in [0.1, 0.15) is 57.4 Å². The van der Waals surface area contributed by atoms with Crippen molar-refractivity contribution < 1.29 is 4.79 Å². The van der Waals surface area contributed by atoms with Crippen LogP contribution in [-0.4, -0.2) is 5.91 Å². The molecule has 0 radical (unpaired) electrons. The molecular weight excluding hydrogens is 349 g/mol. The van der Waals surface area contributed by atoms with E-state index in [9.17, 15) is 4.79 Å². The zero-order valence-electron chi connectivity index (χ0n) is 12.0. The number of hydrogen-bond acceptors (Lipinski definition) is 1. The van der Waals surface area contributed by atoms with Gasteiger partial charge in [-0.3, -0.25) is 4.79 Å². The lowest BCUT2D eigenvalue weighted by Gasteiger charge is -2.08. The van der Waals surface area contributed by atoms with E-state index in [0.717, 1.165) is 21.2 Å². The highest BCUT2D eigenvalue weighted by Crippen LogP contribution is 2.18. The van der Waals surface area contributed by atoms with E-state index in [0.29, 0.717) is 6.42 Å². The Morgan fingerprint density at radius 3 is 2.58 bits per heavy atom. The second kappa shape index (κ2) is 9.34. The number of hydrogen-bond donors (Lipinski definition) is 1. The molecule has 0 fully saturated rings. The summed E-state index contributed by atoms with van der Waals surface area (Å²) in [5.41, 5.74) is 2.07. The average Bonchev–Trinajstić information content (AvgIpc) is 2.38. The van der Waals surface area contributed by atoms with Crippen molar-refractivity contribution in [3.63, 3.8) is 0 Å². The lowest BCUT2D eigenvalue weighted by atomic mass is 10.1. The summed E-state index contributed by atoms with van der Waals surface area (Å²) >= 11 is 2.27. The topological polar surface area (TPSA) is 29.1 Å². The number of carbonyl (C=O) groups excluding carboxylic acids is 1. The standard InChI is InChI=1S/C16H24INO/c1-3-4-5-6-7-8-9-16(19)18-15-12-14(17)11-10-13(15)2/h10-12H,3-9H2,1-2H3,(H,18,19). The van der Waals surface area contributed by atoms with E-state index in [2.05, 4.69) is 40.9 Å². The van der Waals surface area contributed by atoms with Gasteiger partial charge in [0.15, 0.2) is 0 Å². The van der Waals surface area contributed by atoms with E-state index in [4.69, 9.17) is 0 Å². The molecule has 0 bridgehead atoms. The van der Waals surface area contributed by atoms with Crippen LogP contribution in [0.5, 0.6) is 0 Å². The first kappa shape index (κ1) is 16.5. The van der Waals surface area contributed by atoms with Crippen molar-refractivity contribution in [3.8, 4) is 0 Å². The van der Waals surface area contributed by atoms with Gasteiger partial charge in [-0.05, 0) is 53.6 Å². The number of benzene rings is 1. The first-order valence-electron chi connectivity index (χ1n) is 7.19. The van der Waals surface area contributed by atoms with Crippen LogP contribution in [0, 0.1) is 10.5 Å². The highest BCUT2D eigenvalue weighted by Gasteiger charge is 2.05. The fourth-order valence-corrected chi connectivity index (χ4v) is 2.50. The van der Waals surface area contributed by atoms with Crippen molar-refractivity contribution in [1.29, 1.82) is 0 Å². The van der Waals surface area contributed by atoms with Crippen molar-refractivity contribution in [3.05, 3.63) is 27.3 Å². The predicted molar refractivity (Wildman–Crippen MR) is 90.5 cm³/mol. The minimum absolute atomic E-state index is 0.139. The molecule has 0 unspecified atom stereocenters. The number of nitrogens with one attached hydrogen (secondary N) is 1. The summed E-state index contributed by atoms with van der Waals surface area (Å²) in [5.74, 6) is 0.139. The fraction of sp³-hybridized carbons (Fsp3) is 0.562. The van der Waals surface area contributed by atoms with Gasteiger partial charge in [-0.2, -0.15) is 0 Å². The Morgan fingerprint density at radius 2 is 1.84 bits per heavy atom. The molecule has 0 spiro atoms. The molecule has 0 atom stereocenters. The quantitative estimate of drug-likeness (QED) is 0.487. The summed E-state index contributed by atoms with van der Waals surface area (Å²) in [7, 11) is 0. The number of anilines is 1. The third kappa shape index (κ3) is 6.95. The van der Waals surface area contributed by atoms with Gasteiger partial charge >= 0.3 is 0 Å². The molecule has 3 heteroatoms. The zero-order chi connectivity index (χ0) is 14.1. The Bertz CT molecular complexity index is 404. The number of carbonyl (C=O) groups is 1. The highest BCUT2D eigenvalue weighted by atomic mass is 127. The van der Waals surface area contributed by atoms with Gasteiger partial charge in [0.05, 0.1) is 0 Å². The summed E-state index contributed by atoms with van der Waals surface area (Å²) in [6.07, 6.45) is 7.94. The molecular formula is C16H24INO. The van der Waals surface area contributed by atoms with Crippen LogP contribution in [0.2, 0.25) is 0 Å². The van der Waals surface area contributed by atoms with Gasteiger partial charge in [0.2, 0.25) is 5.91 Å². The van der Waals surface area contributed by atoms with Crippen molar-refractivity contribution in [2.75, 3.05) is 5.32 Å². The predicted octanol–water partition coefficient (Wildman–Crippen LogP) is 5.29. The lowest BCUT2D eigenvalue weighted by molar-refractivity contribution is -0.116. The second-order valence-electron chi connectivity index (χ2n) is 5.03. The van der Waals surface area contributed by atoms with E-state index in [1.807, 2.05) is 19.1 Å². The van der Waals surface area contributed by atoms with Gasteiger partial charge in [0.1, 0.15) is 0 Å². The minimum atomic E-state index is 0.139. The Balaban J connectivity index is 2.25. The van der Waals surface area contributed by atoms with Crippen molar-refractivity contribution in [2.45, 2.75) is 58.8 Å². The number of rotatable bonds is 8. The summed E-state index contributed by atoms with van der Waals surface area (Å²) in [6, 6.07) is 6.12. The molecule has 1 rings (SSSR count). The number of amides is 1. The van der Waals surface area contributed by atoms with Gasteiger partial charge in [-0.15, -0.1) is 0 Å². The van der Waals surface area contributed by atoms with E-state index in [1.54, 1.807) is 0 Å². The van der Waals surface area contributed by atoms with E-state index in [-0.39, 0.29) is 5.91 Å². The van der Waals surface area contributed by atoms with Gasteiger partial charge in [0.25, 0.3) is 0 Å². The molecule has 0 heterocycles. The van der Waals surface area contributed by atoms with E-state index >= 15 is 0 Å². The van der Waals surface area contributed by atoms with E-state index < -0.39 is 0 Å².